The molecule has 3 nitrogen and oxygen atoms in total. The van der Waals surface area contributed by atoms with Gasteiger partial charge in [0, 0.05) is 37.9 Å². The minimum Gasteiger partial charge on any atom is -0.512 e. The van der Waals surface area contributed by atoms with E-state index in [0.717, 1.165) is 5.69 Å². The molecule has 0 aliphatic heterocycles. The predicted molar refractivity (Wildman–Crippen MR) is 135 cm³/mol. The molecule has 3 heterocycles. The quantitative estimate of drug-likeness (QED) is 0.246. The molecule has 0 bridgehead atoms. The van der Waals surface area contributed by atoms with Crippen LogP contribution in [0.5, 0.6) is 0 Å². The molecule has 5 heteroatoms. The van der Waals surface area contributed by atoms with Crippen LogP contribution in [0.4, 0.5) is 0 Å². The van der Waals surface area contributed by atoms with Crippen LogP contribution in [0, 0.1) is 10.8 Å². The van der Waals surface area contributed by atoms with Gasteiger partial charge in [0.25, 0.3) is 0 Å². The van der Waals surface area contributed by atoms with E-state index in [1.807, 2.05) is 59.1 Å². The average molecular weight is 452 g/mol. The van der Waals surface area contributed by atoms with Gasteiger partial charge in [0.2, 0.25) is 0 Å². The molecule has 0 fully saturated rings. The minimum absolute atomic E-state index is 0.0417. The van der Waals surface area contributed by atoms with Crippen LogP contribution in [0.2, 0.25) is 0 Å². The fourth-order valence-corrected chi connectivity index (χ4v) is 4.88. The number of nitrogens with zero attached hydrogens (tertiary/aromatic N) is 1. The van der Waals surface area contributed by atoms with Crippen LogP contribution in [0.3, 0.4) is 0 Å². The lowest BCUT2D eigenvalue weighted by molar-refractivity contribution is -0.121. The van der Waals surface area contributed by atoms with Crippen molar-refractivity contribution in [1.29, 1.82) is 0 Å². The normalized spacial score (nSPS) is 12.6. The first-order chi connectivity index (χ1) is 14.5. The van der Waals surface area contributed by atoms with Gasteiger partial charge in [-0.25, -0.2) is 0 Å². The fourth-order valence-electron chi connectivity index (χ4n) is 2.76. The first-order valence-corrected chi connectivity index (χ1v) is 11.9. The molecule has 31 heavy (non-hydrogen) atoms. The second kappa shape index (κ2) is 8.93. The summed E-state index contributed by atoms with van der Waals surface area (Å²) in [6.07, 6.45) is 3.23. The Hall–Kier alpha value is -2.50. The third kappa shape index (κ3) is 5.60. The number of hydrogen-bond donors (Lipinski definition) is 1. The second-order valence-corrected chi connectivity index (χ2v) is 11.6. The summed E-state index contributed by atoms with van der Waals surface area (Å²) in [6.45, 7) is 11.1. The van der Waals surface area contributed by atoms with Crippen molar-refractivity contribution in [3.8, 4) is 10.6 Å². The van der Waals surface area contributed by atoms with Crippen LogP contribution < -0.4 is 0 Å². The number of aliphatic hydroxyl groups is 1. The standard InChI is InChI=1S/C15H9NS2.C11H20O2/c1-2-4-11-10(3-1)5-7-16-15(11)14-9-13-12(18-14)6-8-17-13;1-10(2,3)8(12)7-9(13)11(4,5)6/h1-9H;7,12H,1-6H3/b;8-7-. The smallest absolute Gasteiger partial charge is 0.164 e. The third-order valence-electron chi connectivity index (χ3n) is 4.82. The molecular formula is C26H29NO2S2. The SMILES string of the molecule is CC(C)(C)C(=O)/C=C(\O)C(C)(C)C.c1ccc2c(-c3cc4sccc4s3)nccc2c1. The average Bonchev–Trinajstić information content (AvgIpc) is 3.28. The number of carbonyl (C=O) groups excluding carboxylic acids is 1. The number of aromatic nitrogens is 1. The molecule has 0 aliphatic rings. The van der Waals surface area contributed by atoms with Gasteiger partial charge in [-0.1, -0.05) is 65.8 Å². The number of thiophene rings is 2. The van der Waals surface area contributed by atoms with E-state index in [4.69, 9.17) is 0 Å². The van der Waals surface area contributed by atoms with Crippen LogP contribution in [0.1, 0.15) is 41.5 Å². The number of fused-ring (bicyclic) bond motifs is 2. The van der Waals surface area contributed by atoms with E-state index in [1.54, 1.807) is 11.3 Å². The maximum Gasteiger partial charge on any atom is 0.164 e. The van der Waals surface area contributed by atoms with Gasteiger partial charge >= 0.3 is 0 Å². The topological polar surface area (TPSA) is 50.2 Å². The molecule has 1 N–H and O–H groups in total. The van der Waals surface area contributed by atoms with Gasteiger partial charge in [-0.15, -0.1) is 22.7 Å². The minimum atomic E-state index is -0.417. The van der Waals surface area contributed by atoms with Crippen LogP contribution >= 0.6 is 22.7 Å². The van der Waals surface area contributed by atoms with Crippen molar-refractivity contribution in [3.63, 3.8) is 0 Å². The molecule has 4 rings (SSSR count). The maximum atomic E-state index is 11.5. The maximum absolute atomic E-state index is 11.5. The van der Waals surface area contributed by atoms with Crippen LogP contribution in [-0.4, -0.2) is 15.9 Å². The number of pyridine rings is 1. The summed E-state index contributed by atoms with van der Waals surface area (Å²) in [4.78, 5) is 17.3. The van der Waals surface area contributed by atoms with Crippen molar-refractivity contribution >= 4 is 48.6 Å². The van der Waals surface area contributed by atoms with Gasteiger partial charge in [0.1, 0.15) is 5.76 Å². The van der Waals surface area contributed by atoms with Crippen molar-refractivity contribution in [2.24, 2.45) is 10.8 Å². The molecule has 4 aromatic rings. The zero-order valence-corrected chi connectivity index (χ0v) is 20.5. The van der Waals surface area contributed by atoms with Crippen molar-refractivity contribution < 1.29 is 9.90 Å². The zero-order valence-electron chi connectivity index (χ0n) is 18.9. The van der Waals surface area contributed by atoms with Gasteiger partial charge in [0.05, 0.1) is 10.6 Å². The van der Waals surface area contributed by atoms with Crippen LogP contribution in [0.25, 0.3) is 30.7 Å². The summed E-state index contributed by atoms with van der Waals surface area (Å²) in [5, 5.41) is 14.2. The molecule has 0 spiro atoms. The Balaban J connectivity index is 0.000000188. The Morgan fingerprint density at radius 2 is 1.68 bits per heavy atom. The Morgan fingerprint density at radius 1 is 0.968 bits per heavy atom. The summed E-state index contributed by atoms with van der Waals surface area (Å²) in [5.41, 5.74) is 0.335. The lowest BCUT2D eigenvalue weighted by Crippen LogP contribution is -2.20. The highest BCUT2D eigenvalue weighted by Gasteiger charge is 2.23. The molecule has 0 aliphatic carbocycles. The number of hydrogen-bond acceptors (Lipinski definition) is 5. The highest BCUT2D eigenvalue weighted by atomic mass is 32.1. The second-order valence-electron chi connectivity index (χ2n) is 9.53. The largest absolute Gasteiger partial charge is 0.512 e. The van der Waals surface area contributed by atoms with E-state index in [9.17, 15) is 9.90 Å². The van der Waals surface area contributed by atoms with Crippen molar-refractivity contribution in [1.82, 2.24) is 4.98 Å². The number of ketones is 1. The predicted octanol–water partition coefficient (Wildman–Crippen LogP) is 8.27. The van der Waals surface area contributed by atoms with E-state index in [2.05, 4.69) is 52.8 Å². The number of benzene rings is 1. The third-order valence-corrected chi connectivity index (χ3v) is 6.92. The molecule has 0 amide bonds. The van der Waals surface area contributed by atoms with Crippen molar-refractivity contribution in [2.45, 2.75) is 41.5 Å². The Morgan fingerprint density at radius 3 is 2.32 bits per heavy atom. The van der Waals surface area contributed by atoms with Gasteiger partial charge in [-0.2, -0.15) is 0 Å². The van der Waals surface area contributed by atoms with Gasteiger partial charge in [-0.3, -0.25) is 9.78 Å². The highest BCUT2D eigenvalue weighted by Crippen LogP contribution is 2.37. The molecule has 1 aromatic carbocycles. The van der Waals surface area contributed by atoms with E-state index >= 15 is 0 Å². The summed E-state index contributed by atoms with van der Waals surface area (Å²) >= 11 is 3.61. The first-order valence-electron chi connectivity index (χ1n) is 10.2. The lowest BCUT2D eigenvalue weighted by Gasteiger charge is -2.19. The number of carbonyl (C=O) groups is 1. The van der Waals surface area contributed by atoms with Crippen molar-refractivity contribution in [3.05, 3.63) is 65.9 Å². The summed E-state index contributed by atoms with van der Waals surface area (Å²) in [6, 6.07) is 14.9. The molecule has 0 saturated heterocycles. The summed E-state index contributed by atoms with van der Waals surface area (Å²) in [5.74, 6) is 0.104. The van der Waals surface area contributed by atoms with E-state index in [1.165, 1.54) is 31.1 Å². The fraction of sp³-hybridized carbons (Fsp3) is 0.308. The van der Waals surface area contributed by atoms with Crippen molar-refractivity contribution in [2.75, 3.05) is 0 Å². The molecule has 0 saturated carbocycles. The highest BCUT2D eigenvalue weighted by molar-refractivity contribution is 7.28. The first kappa shape index (κ1) is 23.2. The van der Waals surface area contributed by atoms with E-state index in [0.29, 0.717) is 0 Å². The van der Waals surface area contributed by atoms with E-state index < -0.39 is 5.41 Å². The molecular weight excluding hydrogens is 422 g/mol. The number of allylic oxidation sites excluding steroid dienone is 2. The number of aliphatic hydroxyl groups excluding tert-OH is 1. The molecule has 0 atom stereocenters. The van der Waals surface area contributed by atoms with Gasteiger partial charge in [0.15, 0.2) is 5.78 Å². The molecule has 0 unspecified atom stereocenters. The summed E-state index contributed by atoms with van der Waals surface area (Å²) < 4.78 is 2.70. The van der Waals surface area contributed by atoms with Crippen LogP contribution in [0.15, 0.2) is 65.9 Å². The lowest BCUT2D eigenvalue weighted by atomic mass is 9.87. The molecule has 3 aromatic heterocycles. The Labute approximate surface area is 192 Å². The zero-order chi connectivity index (χ0) is 22.8. The Bertz CT molecular complexity index is 1200. The molecule has 0 radical (unpaired) electrons. The number of rotatable bonds is 2. The molecule has 162 valence electrons. The van der Waals surface area contributed by atoms with Gasteiger partial charge < -0.3 is 5.11 Å². The van der Waals surface area contributed by atoms with E-state index in [-0.39, 0.29) is 17.0 Å². The monoisotopic (exact) mass is 451 g/mol. The Kier molecular flexibility index (Phi) is 6.68. The summed E-state index contributed by atoms with van der Waals surface area (Å²) in [7, 11) is 0. The van der Waals surface area contributed by atoms with Gasteiger partial charge in [-0.05, 0) is 29.0 Å². The van der Waals surface area contributed by atoms with Crippen LogP contribution in [-0.2, 0) is 4.79 Å².